The Labute approximate surface area is 120 Å². The summed E-state index contributed by atoms with van der Waals surface area (Å²) in [6.07, 6.45) is 5.09. The number of hydrogen-bond acceptors (Lipinski definition) is 4. The molecule has 2 heterocycles. The SMILES string of the molecule is O=C(Cc1cccnc1)Nc1ncc(Br)nc1Br. The summed E-state index contributed by atoms with van der Waals surface area (Å²) in [5.74, 6) is 0.229. The minimum Gasteiger partial charge on any atom is -0.308 e. The standard InChI is InChI=1S/C11H8Br2N4O/c12-8-6-15-11(10(13)16-8)17-9(18)4-7-2-1-3-14-5-7/h1-3,5-6H,4H2,(H,15,17,18). The van der Waals surface area contributed by atoms with Crippen LogP contribution in [0.3, 0.4) is 0 Å². The highest BCUT2D eigenvalue weighted by Crippen LogP contribution is 2.19. The van der Waals surface area contributed by atoms with E-state index in [2.05, 4.69) is 52.1 Å². The Morgan fingerprint density at radius 3 is 2.83 bits per heavy atom. The second-order valence-electron chi connectivity index (χ2n) is 3.42. The Hall–Kier alpha value is -1.34. The second kappa shape index (κ2) is 6.01. The van der Waals surface area contributed by atoms with Gasteiger partial charge in [-0.2, -0.15) is 0 Å². The minimum atomic E-state index is -0.166. The summed E-state index contributed by atoms with van der Waals surface area (Å²) in [6.45, 7) is 0. The third kappa shape index (κ3) is 3.58. The number of nitrogens with zero attached hydrogens (tertiary/aromatic N) is 3. The molecular weight excluding hydrogens is 364 g/mol. The quantitative estimate of drug-likeness (QED) is 0.900. The van der Waals surface area contributed by atoms with E-state index >= 15 is 0 Å². The van der Waals surface area contributed by atoms with E-state index in [4.69, 9.17) is 0 Å². The number of halogens is 2. The zero-order valence-electron chi connectivity index (χ0n) is 9.10. The van der Waals surface area contributed by atoms with Crippen molar-refractivity contribution in [3.05, 3.63) is 45.5 Å². The molecule has 0 aliphatic heterocycles. The number of pyridine rings is 1. The fourth-order valence-electron chi connectivity index (χ4n) is 1.29. The van der Waals surface area contributed by atoms with E-state index in [1.807, 2.05) is 6.07 Å². The van der Waals surface area contributed by atoms with Gasteiger partial charge in [-0.15, -0.1) is 0 Å². The predicted molar refractivity (Wildman–Crippen MR) is 74.0 cm³/mol. The van der Waals surface area contributed by atoms with Gasteiger partial charge in [0.05, 0.1) is 12.6 Å². The molecule has 0 saturated carbocycles. The molecule has 0 unspecified atom stereocenters. The molecule has 2 aromatic rings. The van der Waals surface area contributed by atoms with Crippen LogP contribution in [0.25, 0.3) is 0 Å². The first-order chi connectivity index (χ1) is 8.65. The van der Waals surface area contributed by atoms with Gasteiger partial charge in [0.15, 0.2) is 5.82 Å². The van der Waals surface area contributed by atoms with Gasteiger partial charge in [0.25, 0.3) is 0 Å². The van der Waals surface area contributed by atoms with Gasteiger partial charge < -0.3 is 5.32 Å². The summed E-state index contributed by atoms with van der Waals surface area (Å²) < 4.78 is 1.08. The maximum atomic E-state index is 11.8. The molecule has 2 aromatic heterocycles. The van der Waals surface area contributed by atoms with Crippen LogP contribution in [0, 0.1) is 0 Å². The monoisotopic (exact) mass is 370 g/mol. The number of amides is 1. The molecule has 0 aliphatic rings. The summed E-state index contributed by atoms with van der Waals surface area (Å²) in [5, 5.41) is 2.68. The van der Waals surface area contributed by atoms with Crippen molar-refractivity contribution in [2.45, 2.75) is 6.42 Å². The fourth-order valence-corrected chi connectivity index (χ4v) is 2.21. The zero-order valence-corrected chi connectivity index (χ0v) is 12.3. The van der Waals surface area contributed by atoms with Crippen LogP contribution in [-0.2, 0) is 11.2 Å². The number of nitrogens with one attached hydrogen (secondary N) is 1. The van der Waals surface area contributed by atoms with Crippen LogP contribution < -0.4 is 5.32 Å². The zero-order chi connectivity index (χ0) is 13.0. The summed E-state index contributed by atoms with van der Waals surface area (Å²) in [7, 11) is 0. The van der Waals surface area contributed by atoms with Gasteiger partial charge in [0.1, 0.15) is 9.21 Å². The van der Waals surface area contributed by atoms with Crippen molar-refractivity contribution in [3.63, 3.8) is 0 Å². The van der Waals surface area contributed by atoms with Crippen LogP contribution >= 0.6 is 31.9 Å². The lowest BCUT2D eigenvalue weighted by Crippen LogP contribution is -2.16. The number of aromatic nitrogens is 3. The number of carbonyl (C=O) groups is 1. The molecule has 0 radical (unpaired) electrons. The molecule has 92 valence electrons. The summed E-state index contributed by atoms with van der Waals surface area (Å²) in [6, 6.07) is 3.63. The van der Waals surface area contributed by atoms with Gasteiger partial charge in [0, 0.05) is 12.4 Å². The van der Waals surface area contributed by atoms with Crippen molar-refractivity contribution in [1.82, 2.24) is 15.0 Å². The average Bonchev–Trinajstić information content (AvgIpc) is 2.34. The Morgan fingerprint density at radius 1 is 1.33 bits per heavy atom. The Kier molecular flexibility index (Phi) is 4.38. The third-order valence-electron chi connectivity index (χ3n) is 2.05. The van der Waals surface area contributed by atoms with Crippen LogP contribution in [-0.4, -0.2) is 20.9 Å². The molecule has 0 fully saturated rings. The van der Waals surface area contributed by atoms with Crippen LogP contribution in [0.5, 0.6) is 0 Å². The highest BCUT2D eigenvalue weighted by Gasteiger charge is 2.09. The molecule has 0 atom stereocenters. The van der Waals surface area contributed by atoms with Crippen LogP contribution in [0.2, 0.25) is 0 Å². The topological polar surface area (TPSA) is 67.8 Å². The molecule has 1 amide bonds. The van der Waals surface area contributed by atoms with E-state index in [1.165, 1.54) is 6.20 Å². The second-order valence-corrected chi connectivity index (χ2v) is 4.98. The fraction of sp³-hybridized carbons (Fsp3) is 0.0909. The van der Waals surface area contributed by atoms with Crippen molar-refractivity contribution in [1.29, 1.82) is 0 Å². The van der Waals surface area contributed by atoms with E-state index in [0.717, 1.165) is 5.56 Å². The Morgan fingerprint density at radius 2 is 2.17 bits per heavy atom. The lowest BCUT2D eigenvalue weighted by molar-refractivity contribution is -0.115. The van der Waals surface area contributed by atoms with Crippen molar-refractivity contribution < 1.29 is 4.79 Å². The molecule has 0 bridgehead atoms. The highest BCUT2D eigenvalue weighted by molar-refractivity contribution is 9.11. The van der Waals surface area contributed by atoms with Crippen molar-refractivity contribution >= 4 is 43.6 Å². The first-order valence-electron chi connectivity index (χ1n) is 5.02. The highest BCUT2D eigenvalue weighted by atomic mass is 79.9. The number of anilines is 1. The maximum absolute atomic E-state index is 11.8. The molecule has 7 heteroatoms. The van der Waals surface area contributed by atoms with Crippen molar-refractivity contribution in [3.8, 4) is 0 Å². The normalized spacial score (nSPS) is 10.1. The molecule has 0 aromatic carbocycles. The smallest absolute Gasteiger partial charge is 0.230 e. The van der Waals surface area contributed by atoms with E-state index in [0.29, 0.717) is 15.0 Å². The van der Waals surface area contributed by atoms with Crippen LogP contribution in [0.1, 0.15) is 5.56 Å². The summed E-state index contributed by atoms with van der Waals surface area (Å²) >= 11 is 6.42. The van der Waals surface area contributed by atoms with Gasteiger partial charge in [-0.05, 0) is 43.5 Å². The number of rotatable bonds is 3. The number of hydrogen-bond donors (Lipinski definition) is 1. The Bertz CT molecular complexity index is 562. The van der Waals surface area contributed by atoms with E-state index in [9.17, 15) is 4.79 Å². The molecule has 0 saturated heterocycles. The molecule has 0 spiro atoms. The lowest BCUT2D eigenvalue weighted by Gasteiger charge is -2.05. The van der Waals surface area contributed by atoms with E-state index < -0.39 is 0 Å². The average molecular weight is 372 g/mol. The van der Waals surface area contributed by atoms with Crippen LogP contribution in [0.15, 0.2) is 39.9 Å². The van der Waals surface area contributed by atoms with Gasteiger partial charge in [-0.3, -0.25) is 9.78 Å². The van der Waals surface area contributed by atoms with Crippen LogP contribution in [0.4, 0.5) is 5.82 Å². The third-order valence-corrected chi connectivity index (χ3v) is 2.98. The molecule has 2 rings (SSSR count). The largest absolute Gasteiger partial charge is 0.308 e. The minimum absolute atomic E-state index is 0.166. The first-order valence-corrected chi connectivity index (χ1v) is 6.60. The maximum Gasteiger partial charge on any atom is 0.230 e. The van der Waals surface area contributed by atoms with Gasteiger partial charge >= 0.3 is 0 Å². The Balaban J connectivity index is 2.03. The van der Waals surface area contributed by atoms with Crippen molar-refractivity contribution in [2.75, 3.05) is 5.32 Å². The van der Waals surface area contributed by atoms with E-state index in [-0.39, 0.29) is 12.3 Å². The summed E-state index contributed by atoms with van der Waals surface area (Å²) in [4.78, 5) is 23.9. The molecule has 1 N–H and O–H groups in total. The lowest BCUT2D eigenvalue weighted by atomic mass is 10.2. The van der Waals surface area contributed by atoms with Gasteiger partial charge in [-0.1, -0.05) is 6.07 Å². The van der Waals surface area contributed by atoms with Gasteiger partial charge in [0.2, 0.25) is 5.91 Å². The van der Waals surface area contributed by atoms with Crippen molar-refractivity contribution in [2.24, 2.45) is 0 Å². The predicted octanol–water partition coefficient (Wildman–Crippen LogP) is 2.58. The first kappa shape index (κ1) is 13.1. The molecule has 18 heavy (non-hydrogen) atoms. The molecule has 5 nitrogen and oxygen atoms in total. The summed E-state index contributed by atoms with van der Waals surface area (Å²) in [5.41, 5.74) is 0.844. The van der Waals surface area contributed by atoms with E-state index in [1.54, 1.807) is 18.5 Å². The molecular formula is C11H8Br2N4O. The van der Waals surface area contributed by atoms with Gasteiger partial charge in [-0.25, -0.2) is 9.97 Å². The number of carbonyl (C=O) groups excluding carboxylic acids is 1. The molecule has 0 aliphatic carbocycles.